The van der Waals surface area contributed by atoms with Crippen molar-refractivity contribution in [3.05, 3.63) is 22.7 Å². The predicted molar refractivity (Wildman–Crippen MR) is 76.8 cm³/mol. The zero-order valence-electron chi connectivity index (χ0n) is 10.9. The third kappa shape index (κ3) is 4.45. The first-order valence-electron chi connectivity index (χ1n) is 6.00. The summed E-state index contributed by atoms with van der Waals surface area (Å²) >= 11 is 3.24. The van der Waals surface area contributed by atoms with Gasteiger partial charge in [-0.15, -0.1) is 0 Å². The Bertz CT molecular complexity index is 514. The summed E-state index contributed by atoms with van der Waals surface area (Å²) in [4.78, 5) is 0.0654. The Morgan fingerprint density at radius 1 is 1.42 bits per heavy atom. The zero-order chi connectivity index (χ0) is 14.5. The van der Waals surface area contributed by atoms with Crippen LogP contribution in [0.3, 0.4) is 0 Å². The zero-order valence-corrected chi connectivity index (χ0v) is 13.3. The number of hydrogen-bond acceptors (Lipinski definition) is 4. The molecule has 0 amide bonds. The Morgan fingerprint density at radius 2 is 2.11 bits per heavy atom. The van der Waals surface area contributed by atoms with Gasteiger partial charge >= 0.3 is 0 Å². The van der Waals surface area contributed by atoms with Gasteiger partial charge in [-0.1, -0.05) is 22.9 Å². The van der Waals surface area contributed by atoms with Gasteiger partial charge in [0.1, 0.15) is 10.6 Å². The van der Waals surface area contributed by atoms with E-state index in [0.717, 1.165) is 0 Å². The molecule has 0 radical (unpaired) electrons. The highest BCUT2D eigenvalue weighted by molar-refractivity contribution is 9.10. The van der Waals surface area contributed by atoms with Crippen molar-refractivity contribution in [2.24, 2.45) is 0 Å². The SMILES string of the molecule is CCOc1ccc(Br)cc1S(=O)(=O)NC(CC)CO. The number of hydrogen-bond donors (Lipinski definition) is 2. The second kappa shape index (κ2) is 7.23. The van der Waals surface area contributed by atoms with E-state index < -0.39 is 16.1 Å². The monoisotopic (exact) mass is 351 g/mol. The van der Waals surface area contributed by atoms with Gasteiger partial charge in [0.25, 0.3) is 0 Å². The van der Waals surface area contributed by atoms with E-state index in [1.807, 2.05) is 0 Å². The highest BCUT2D eigenvalue weighted by Crippen LogP contribution is 2.27. The second-order valence-corrected chi connectivity index (χ2v) is 6.53. The van der Waals surface area contributed by atoms with Gasteiger partial charge in [-0.05, 0) is 31.5 Å². The van der Waals surface area contributed by atoms with Gasteiger partial charge < -0.3 is 9.84 Å². The summed E-state index contributed by atoms with van der Waals surface area (Å²) in [6.07, 6.45) is 0.508. The summed E-state index contributed by atoms with van der Waals surface area (Å²) in [5.74, 6) is 0.297. The van der Waals surface area contributed by atoms with Crippen molar-refractivity contribution in [3.63, 3.8) is 0 Å². The van der Waals surface area contributed by atoms with Crippen LogP contribution in [0.15, 0.2) is 27.6 Å². The maximum absolute atomic E-state index is 12.3. The highest BCUT2D eigenvalue weighted by Gasteiger charge is 2.23. The first-order chi connectivity index (χ1) is 8.94. The summed E-state index contributed by atoms with van der Waals surface area (Å²) in [7, 11) is -3.72. The van der Waals surface area contributed by atoms with Crippen molar-refractivity contribution in [1.29, 1.82) is 0 Å². The molecule has 0 aliphatic rings. The first-order valence-corrected chi connectivity index (χ1v) is 8.27. The van der Waals surface area contributed by atoms with E-state index in [9.17, 15) is 8.42 Å². The van der Waals surface area contributed by atoms with E-state index in [1.54, 1.807) is 26.0 Å². The van der Waals surface area contributed by atoms with Gasteiger partial charge in [-0.2, -0.15) is 0 Å². The molecule has 0 saturated heterocycles. The van der Waals surface area contributed by atoms with Crippen molar-refractivity contribution in [3.8, 4) is 5.75 Å². The molecule has 0 spiro atoms. The second-order valence-electron chi connectivity index (χ2n) is 3.93. The van der Waals surface area contributed by atoms with E-state index >= 15 is 0 Å². The van der Waals surface area contributed by atoms with Crippen molar-refractivity contribution in [2.75, 3.05) is 13.2 Å². The molecule has 7 heteroatoms. The van der Waals surface area contributed by atoms with E-state index in [4.69, 9.17) is 9.84 Å². The third-order valence-electron chi connectivity index (χ3n) is 2.53. The number of sulfonamides is 1. The lowest BCUT2D eigenvalue weighted by atomic mass is 10.3. The summed E-state index contributed by atoms with van der Waals surface area (Å²) < 4.78 is 33.0. The Morgan fingerprint density at radius 3 is 2.63 bits per heavy atom. The summed E-state index contributed by atoms with van der Waals surface area (Å²) in [6.45, 7) is 3.72. The average molecular weight is 352 g/mol. The first kappa shape index (κ1) is 16.4. The molecule has 0 heterocycles. The van der Waals surface area contributed by atoms with Crippen molar-refractivity contribution >= 4 is 26.0 Å². The largest absolute Gasteiger partial charge is 0.492 e. The molecule has 5 nitrogen and oxygen atoms in total. The number of benzene rings is 1. The molecule has 0 aliphatic heterocycles. The quantitative estimate of drug-likeness (QED) is 0.786. The van der Waals surface area contributed by atoms with Crippen LogP contribution >= 0.6 is 15.9 Å². The summed E-state index contributed by atoms with van der Waals surface area (Å²) in [5.41, 5.74) is 0. The summed E-state index contributed by atoms with van der Waals surface area (Å²) in [5, 5.41) is 9.10. The van der Waals surface area contributed by atoms with Gasteiger partial charge in [0.05, 0.1) is 13.2 Å². The van der Waals surface area contributed by atoms with Gasteiger partial charge in [0.15, 0.2) is 0 Å². The third-order valence-corrected chi connectivity index (χ3v) is 4.57. The molecule has 1 atom stereocenters. The Kier molecular flexibility index (Phi) is 6.25. The Balaban J connectivity index is 3.15. The van der Waals surface area contributed by atoms with Crippen LogP contribution in [0.2, 0.25) is 0 Å². The molecular weight excluding hydrogens is 334 g/mol. The van der Waals surface area contributed by atoms with Gasteiger partial charge in [0, 0.05) is 10.5 Å². The Hall–Kier alpha value is -0.630. The molecule has 19 heavy (non-hydrogen) atoms. The molecule has 2 N–H and O–H groups in total. The number of rotatable bonds is 7. The van der Waals surface area contributed by atoms with E-state index in [2.05, 4.69) is 20.7 Å². The Labute approximate surface area is 122 Å². The van der Waals surface area contributed by atoms with Crippen LogP contribution < -0.4 is 9.46 Å². The lowest BCUT2D eigenvalue weighted by Gasteiger charge is -2.16. The standard InChI is InChI=1S/C12H18BrNO4S/c1-3-10(8-15)14-19(16,17)12-7-9(13)5-6-11(12)18-4-2/h5-7,10,14-15H,3-4,8H2,1-2H3. The number of ether oxygens (including phenoxy) is 1. The molecule has 0 saturated carbocycles. The van der Waals surface area contributed by atoms with Crippen LogP contribution in [0.5, 0.6) is 5.75 Å². The van der Waals surface area contributed by atoms with Crippen LogP contribution in [0.25, 0.3) is 0 Å². The van der Waals surface area contributed by atoms with E-state index in [-0.39, 0.29) is 11.5 Å². The fourth-order valence-corrected chi connectivity index (χ4v) is 3.49. The minimum absolute atomic E-state index is 0.0654. The average Bonchev–Trinajstić information content (AvgIpc) is 2.38. The molecule has 1 aromatic rings. The molecule has 1 unspecified atom stereocenters. The molecule has 0 aliphatic carbocycles. The minimum Gasteiger partial charge on any atom is -0.492 e. The minimum atomic E-state index is -3.72. The van der Waals surface area contributed by atoms with E-state index in [1.165, 1.54) is 6.07 Å². The molecule has 108 valence electrons. The van der Waals surface area contributed by atoms with Gasteiger partial charge in [0.2, 0.25) is 10.0 Å². The predicted octanol–water partition coefficient (Wildman–Crippen LogP) is 1.90. The molecule has 0 fully saturated rings. The van der Waals surface area contributed by atoms with Crippen LogP contribution in [-0.4, -0.2) is 32.8 Å². The van der Waals surface area contributed by atoms with Crippen molar-refractivity contribution in [1.82, 2.24) is 4.72 Å². The van der Waals surface area contributed by atoms with Crippen LogP contribution in [0.1, 0.15) is 20.3 Å². The highest BCUT2D eigenvalue weighted by atomic mass is 79.9. The fraction of sp³-hybridized carbons (Fsp3) is 0.500. The number of aliphatic hydroxyl groups is 1. The van der Waals surface area contributed by atoms with Crippen molar-refractivity contribution < 1.29 is 18.3 Å². The number of nitrogens with one attached hydrogen (secondary N) is 1. The van der Waals surface area contributed by atoms with Gasteiger partial charge in [-0.3, -0.25) is 0 Å². The molecule has 0 bridgehead atoms. The fourth-order valence-electron chi connectivity index (χ4n) is 1.50. The van der Waals surface area contributed by atoms with Crippen molar-refractivity contribution in [2.45, 2.75) is 31.2 Å². The summed E-state index contributed by atoms with van der Waals surface area (Å²) in [6, 6.07) is 4.30. The number of aliphatic hydroxyl groups excluding tert-OH is 1. The molecule has 1 rings (SSSR count). The van der Waals surface area contributed by atoms with Crippen LogP contribution in [0.4, 0.5) is 0 Å². The lowest BCUT2D eigenvalue weighted by molar-refractivity contribution is 0.253. The maximum atomic E-state index is 12.3. The topological polar surface area (TPSA) is 75.6 Å². The smallest absolute Gasteiger partial charge is 0.244 e. The van der Waals surface area contributed by atoms with Crippen LogP contribution in [0, 0.1) is 0 Å². The number of halogens is 1. The molecule has 0 aromatic heterocycles. The molecular formula is C12H18BrNO4S. The normalized spacial score (nSPS) is 13.3. The lowest BCUT2D eigenvalue weighted by Crippen LogP contribution is -2.37. The van der Waals surface area contributed by atoms with Gasteiger partial charge in [-0.25, -0.2) is 13.1 Å². The molecule has 1 aromatic carbocycles. The van der Waals surface area contributed by atoms with Crippen LogP contribution in [-0.2, 0) is 10.0 Å². The van der Waals surface area contributed by atoms with E-state index in [0.29, 0.717) is 23.2 Å². The maximum Gasteiger partial charge on any atom is 0.244 e.